The second kappa shape index (κ2) is 4.70. The monoisotopic (exact) mass is 280 g/mol. The molecule has 2 aromatic heterocycles. The van der Waals surface area contributed by atoms with E-state index in [-0.39, 0.29) is 0 Å². The van der Waals surface area contributed by atoms with Crippen molar-refractivity contribution in [3.05, 3.63) is 46.5 Å². The molecule has 0 bridgehead atoms. The average molecular weight is 281 g/mol. The second-order valence-electron chi connectivity index (χ2n) is 3.67. The summed E-state index contributed by atoms with van der Waals surface area (Å²) in [5.74, 6) is 1.89. The molecule has 0 saturated heterocycles. The average Bonchev–Trinajstić information content (AvgIpc) is 2.65. The molecular weight excluding hydrogens is 268 g/mol. The lowest BCUT2D eigenvalue weighted by molar-refractivity contribution is 0.529. The molecule has 0 aliphatic heterocycles. The molecular formula is C12H13BrN2O. The van der Waals surface area contributed by atoms with Crippen LogP contribution in [-0.4, -0.2) is 12.0 Å². The Morgan fingerprint density at radius 2 is 2.25 bits per heavy atom. The summed E-state index contributed by atoms with van der Waals surface area (Å²) < 4.78 is 6.27. The number of halogens is 1. The third-order valence-corrected chi connectivity index (χ3v) is 3.09. The molecule has 84 valence electrons. The van der Waals surface area contributed by atoms with E-state index in [1.54, 1.807) is 12.5 Å². The number of aromatic nitrogens is 1. The number of furan rings is 1. The minimum Gasteiger partial charge on any atom is -0.469 e. The number of rotatable bonds is 3. The fraction of sp³-hybridized carbons (Fsp3) is 0.250. The molecule has 0 aliphatic rings. The molecule has 4 heteroatoms. The van der Waals surface area contributed by atoms with Crippen LogP contribution in [0.5, 0.6) is 0 Å². The molecule has 0 atom stereocenters. The maximum absolute atomic E-state index is 5.27. The number of aryl methyl sites for hydroxylation is 1. The third kappa shape index (κ3) is 2.27. The molecule has 0 aromatic carbocycles. The van der Waals surface area contributed by atoms with Crippen molar-refractivity contribution < 1.29 is 4.42 Å². The molecule has 3 nitrogen and oxygen atoms in total. The molecule has 16 heavy (non-hydrogen) atoms. The van der Waals surface area contributed by atoms with Crippen molar-refractivity contribution in [2.45, 2.75) is 13.5 Å². The molecule has 0 radical (unpaired) electrons. The van der Waals surface area contributed by atoms with Crippen LogP contribution in [0.25, 0.3) is 0 Å². The molecule has 0 N–H and O–H groups in total. The predicted molar refractivity (Wildman–Crippen MR) is 67.5 cm³/mol. The molecule has 0 unspecified atom stereocenters. The van der Waals surface area contributed by atoms with Crippen LogP contribution in [0.2, 0.25) is 0 Å². The van der Waals surface area contributed by atoms with E-state index < -0.39 is 0 Å². The van der Waals surface area contributed by atoms with Gasteiger partial charge < -0.3 is 9.32 Å². The Labute approximate surface area is 103 Å². The highest BCUT2D eigenvalue weighted by Gasteiger charge is 2.09. The minimum atomic E-state index is 0.790. The van der Waals surface area contributed by atoms with Gasteiger partial charge >= 0.3 is 0 Å². The third-order valence-electron chi connectivity index (χ3n) is 2.47. The van der Waals surface area contributed by atoms with Crippen LogP contribution in [0.4, 0.5) is 5.82 Å². The zero-order chi connectivity index (χ0) is 11.5. The van der Waals surface area contributed by atoms with Gasteiger partial charge in [-0.2, -0.15) is 0 Å². The Balaban J connectivity index is 2.18. The Kier molecular flexibility index (Phi) is 3.29. The highest BCUT2D eigenvalue weighted by atomic mass is 79.9. The first-order valence-electron chi connectivity index (χ1n) is 5.03. The first-order valence-corrected chi connectivity index (χ1v) is 5.82. The smallest absolute Gasteiger partial charge is 0.142 e. The van der Waals surface area contributed by atoms with E-state index in [0.29, 0.717) is 0 Å². The molecule has 0 fully saturated rings. The van der Waals surface area contributed by atoms with Crippen LogP contribution in [0.15, 0.2) is 39.5 Å². The Morgan fingerprint density at radius 1 is 1.44 bits per heavy atom. The minimum absolute atomic E-state index is 0.790. The molecule has 0 amide bonds. The molecule has 2 heterocycles. The van der Waals surface area contributed by atoms with E-state index in [9.17, 15) is 0 Å². The van der Waals surface area contributed by atoms with E-state index >= 15 is 0 Å². The summed E-state index contributed by atoms with van der Waals surface area (Å²) in [6.07, 6.45) is 3.50. The summed E-state index contributed by atoms with van der Waals surface area (Å²) in [5.41, 5.74) is 1.18. The highest BCUT2D eigenvalue weighted by molar-refractivity contribution is 9.10. The van der Waals surface area contributed by atoms with Gasteiger partial charge in [0, 0.05) is 25.4 Å². The molecule has 0 spiro atoms. The summed E-state index contributed by atoms with van der Waals surface area (Å²) in [6, 6.07) is 5.88. The van der Waals surface area contributed by atoms with Crippen molar-refractivity contribution in [2.24, 2.45) is 0 Å². The van der Waals surface area contributed by atoms with Crippen molar-refractivity contribution in [2.75, 3.05) is 11.9 Å². The topological polar surface area (TPSA) is 29.3 Å². The van der Waals surface area contributed by atoms with Crippen LogP contribution in [0.3, 0.4) is 0 Å². The van der Waals surface area contributed by atoms with Gasteiger partial charge in [-0.15, -0.1) is 0 Å². The van der Waals surface area contributed by atoms with Crippen LogP contribution in [-0.2, 0) is 6.54 Å². The van der Waals surface area contributed by atoms with Gasteiger partial charge in [0.05, 0.1) is 10.7 Å². The van der Waals surface area contributed by atoms with Gasteiger partial charge in [0.2, 0.25) is 0 Å². The SMILES string of the molecule is Cc1occc1CN(C)c1ncccc1Br. The van der Waals surface area contributed by atoms with E-state index in [0.717, 1.165) is 22.6 Å². The zero-order valence-electron chi connectivity index (χ0n) is 9.27. The van der Waals surface area contributed by atoms with E-state index in [4.69, 9.17) is 4.42 Å². The van der Waals surface area contributed by atoms with E-state index in [1.165, 1.54) is 5.56 Å². The van der Waals surface area contributed by atoms with Gasteiger partial charge in [-0.05, 0) is 41.1 Å². The van der Waals surface area contributed by atoms with Crippen LogP contribution in [0, 0.1) is 6.92 Å². The number of anilines is 1. The normalized spacial score (nSPS) is 10.4. The summed E-state index contributed by atoms with van der Waals surface area (Å²) in [5, 5.41) is 0. The summed E-state index contributed by atoms with van der Waals surface area (Å²) >= 11 is 3.49. The van der Waals surface area contributed by atoms with Crippen molar-refractivity contribution in [1.29, 1.82) is 0 Å². The van der Waals surface area contributed by atoms with Gasteiger partial charge in [-0.1, -0.05) is 0 Å². The zero-order valence-corrected chi connectivity index (χ0v) is 10.9. The standard InChI is InChI=1S/C12H13BrN2O/c1-9-10(5-7-16-9)8-15(2)12-11(13)4-3-6-14-12/h3-7H,8H2,1-2H3. The summed E-state index contributed by atoms with van der Waals surface area (Å²) in [6.45, 7) is 2.76. The maximum Gasteiger partial charge on any atom is 0.142 e. The van der Waals surface area contributed by atoms with Gasteiger partial charge in [0.25, 0.3) is 0 Å². The van der Waals surface area contributed by atoms with Gasteiger partial charge in [-0.3, -0.25) is 0 Å². The quantitative estimate of drug-likeness (QED) is 0.863. The molecule has 2 rings (SSSR count). The number of hydrogen-bond acceptors (Lipinski definition) is 3. The fourth-order valence-electron chi connectivity index (χ4n) is 1.56. The number of pyridine rings is 1. The van der Waals surface area contributed by atoms with Gasteiger partial charge in [0.1, 0.15) is 11.6 Å². The maximum atomic E-state index is 5.27. The highest BCUT2D eigenvalue weighted by Crippen LogP contribution is 2.23. The van der Waals surface area contributed by atoms with Crippen molar-refractivity contribution in [3.63, 3.8) is 0 Å². The first kappa shape index (κ1) is 11.2. The fourth-order valence-corrected chi connectivity index (χ4v) is 2.12. The van der Waals surface area contributed by atoms with Crippen molar-refractivity contribution in [1.82, 2.24) is 4.98 Å². The first-order chi connectivity index (χ1) is 7.68. The predicted octanol–water partition coefficient (Wildman–Crippen LogP) is 3.38. The summed E-state index contributed by atoms with van der Waals surface area (Å²) in [7, 11) is 2.01. The van der Waals surface area contributed by atoms with Crippen molar-refractivity contribution in [3.8, 4) is 0 Å². The Morgan fingerprint density at radius 3 is 2.88 bits per heavy atom. The lowest BCUT2D eigenvalue weighted by Gasteiger charge is -2.18. The molecule has 2 aromatic rings. The lowest BCUT2D eigenvalue weighted by Crippen LogP contribution is -2.18. The van der Waals surface area contributed by atoms with Crippen LogP contribution >= 0.6 is 15.9 Å². The van der Waals surface area contributed by atoms with E-state index in [1.807, 2.05) is 32.2 Å². The van der Waals surface area contributed by atoms with Gasteiger partial charge in [0.15, 0.2) is 0 Å². The largest absolute Gasteiger partial charge is 0.469 e. The Hall–Kier alpha value is -1.29. The second-order valence-corrected chi connectivity index (χ2v) is 4.52. The summed E-state index contributed by atoms with van der Waals surface area (Å²) in [4.78, 5) is 6.42. The number of hydrogen-bond donors (Lipinski definition) is 0. The Bertz CT molecular complexity index is 481. The number of nitrogens with zero attached hydrogens (tertiary/aromatic N) is 2. The van der Waals surface area contributed by atoms with Gasteiger partial charge in [-0.25, -0.2) is 4.98 Å². The van der Waals surface area contributed by atoms with E-state index in [2.05, 4.69) is 25.8 Å². The molecule has 0 saturated carbocycles. The van der Waals surface area contributed by atoms with Crippen LogP contribution in [0.1, 0.15) is 11.3 Å². The lowest BCUT2D eigenvalue weighted by atomic mass is 10.2. The molecule has 0 aliphatic carbocycles. The van der Waals surface area contributed by atoms with Crippen LogP contribution < -0.4 is 4.90 Å². The van der Waals surface area contributed by atoms with Crippen molar-refractivity contribution >= 4 is 21.7 Å².